The maximum Gasteiger partial charge on any atom is 0.415 e. The van der Waals surface area contributed by atoms with Crippen LogP contribution in [0.3, 0.4) is 0 Å². The molecule has 100 valence electrons. The summed E-state index contributed by atoms with van der Waals surface area (Å²) in [5, 5.41) is 0. The molecule has 2 rings (SSSR count). The Hall–Kier alpha value is -1.79. The number of ether oxygens (including phenoxy) is 2. The van der Waals surface area contributed by atoms with Gasteiger partial charge in [-0.2, -0.15) is 0 Å². The number of hydrogen-bond donors (Lipinski definition) is 0. The van der Waals surface area contributed by atoms with Crippen molar-refractivity contribution in [1.82, 2.24) is 9.80 Å². The Balaban J connectivity index is 2.04. The first-order valence-electron chi connectivity index (χ1n) is 5.72. The Bertz CT molecular complexity index is 403. The van der Waals surface area contributed by atoms with Crippen molar-refractivity contribution in [3.05, 3.63) is 0 Å². The van der Waals surface area contributed by atoms with Crippen molar-refractivity contribution in [3.63, 3.8) is 0 Å². The second kappa shape index (κ2) is 3.86. The molecule has 18 heavy (non-hydrogen) atoms. The van der Waals surface area contributed by atoms with E-state index in [-0.39, 0.29) is 13.1 Å². The van der Waals surface area contributed by atoms with Gasteiger partial charge in [-0.25, -0.2) is 9.59 Å². The molecule has 0 radical (unpaired) electrons. The maximum atomic E-state index is 11.9. The van der Waals surface area contributed by atoms with Gasteiger partial charge in [-0.1, -0.05) is 0 Å². The average molecular weight is 256 g/mol. The fourth-order valence-electron chi connectivity index (χ4n) is 1.96. The number of nitrogens with zero attached hydrogens (tertiary/aromatic N) is 2. The molecule has 0 aromatic rings. The zero-order valence-electron chi connectivity index (χ0n) is 10.6. The van der Waals surface area contributed by atoms with Crippen LogP contribution < -0.4 is 0 Å². The normalized spacial score (nSPS) is 26.9. The number of piperazine rings is 1. The molecule has 2 amide bonds. The SMILES string of the molecule is CC(C)(C)OC(=O)N1CCN2C(=O)OC2(C=O)C1. The highest BCUT2D eigenvalue weighted by Crippen LogP contribution is 2.32. The van der Waals surface area contributed by atoms with Crippen LogP contribution in [0.2, 0.25) is 0 Å². The van der Waals surface area contributed by atoms with Crippen molar-refractivity contribution in [2.75, 3.05) is 19.6 Å². The lowest BCUT2D eigenvalue weighted by atomic mass is 10.1. The third-order valence-corrected chi connectivity index (χ3v) is 2.79. The van der Waals surface area contributed by atoms with Gasteiger partial charge < -0.3 is 9.47 Å². The Morgan fingerprint density at radius 1 is 1.44 bits per heavy atom. The minimum Gasteiger partial charge on any atom is -0.444 e. The van der Waals surface area contributed by atoms with Gasteiger partial charge in [0.05, 0.1) is 6.54 Å². The molecule has 0 N–H and O–H groups in total. The van der Waals surface area contributed by atoms with Gasteiger partial charge in [0.1, 0.15) is 5.60 Å². The predicted molar refractivity (Wildman–Crippen MR) is 59.8 cm³/mol. The predicted octanol–water partition coefficient (Wildman–Crippen LogP) is 0.585. The number of carbonyl (C=O) groups is 3. The Kier molecular flexibility index (Phi) is 2.71. The van der Waals surface area contributed by atoms with Crippen LogP contribution in [0.4, 0.5) is 9.59 Å². The Morgan fingerprint density at radius 2 is 2.11 bits per heavy atom. The molecule has 0 aliphatic carbocycles. The monoisotopic (exact) mass is 256 g/mol. The van der Waals surface area contributed by atoms with E-state index in [0.29, 0.717) is 12.8 Å². The van der Waals surface area contributed by atoms with E-state index in [1.165, 1.54) is 9.80 Å². The largest absolute Gasteiger partial charge is 0.444 e. The van der Waals surface area contributed by atoms with Crippen molar-refractivity contribution in [3.8, 4) is 0 Å². The highest BCUT2D eigenvalue weighted by atomic mass is 16.6. The van der Waals surface area contributed by atoms with Gasteiger partial charge in [0.2, 0.25) is 0 Å². The molecule has 0 spiro atoms. The number of fused-ring (bicyclic) bond motifs is 1. The van der Waals surface area contributed by atoms with E-state index in [1.54, 1.807) is 20.8 Å². The van der Waals surface area contributed by atoms with Crippen LogP contribution in [0.1, 0.15) is 20.8 Å². The summed E-state index contributed by atoms with van der Waals surface area (Å²) in [4.78, 5) is 36.7. The molecule has 2 aliphatic heterocycles. The molecule has 2 heterocycles. The van der Waals surface area contributed by atoms with Crippen LogP contribution in [0.5, 0.6) is 0 Å². The van der Waals surface area contributed by atoms with Crippen LogP contribution in [0.25, 0.3) is 0 Å². The van der Waals surface area contributed by atoms with Crippen LogP contribution in [-0.4, -0.2) is 59.2 Å². The van der Waals surface area contributed by atoms with Gasteiger partial charge >= 0.3 is 12.2 Å². The summed E-state index contributed by atoms with van der Waals surface area (Å²) >= 11 is 0. The molecule has 1 atom stereocenters. The highest BCUT2D eigenvalue weighted by molar-refractivity contribution is 5.86. The van der Waals surface area contributed by atoms with Crippen LogP contribution >= 0.6 is 0 Å². The van der Waals surface area contributed by atoms with E-state index in [2.05, 4.69) is 0 Å². The third-order valence-electron chi connectivity index (χ3n) is 2.79. The van der Waals surface area contributed by atoms with Crippen LogP contribution in [-0.2, 0) is 14.3 Å². The smallest absolute Gasteiger partial charge is 0.415 e. The number of amides is 2. The second-order valence-corrected chi connectivity index (χ2v) is 5.38. The summed E-state index contributed by atoms with van der Waals surface area (Å²) in [6, 6.07) is 0. The zero-order valence-corrected chi connectivity index (χ0v) is 10.6. The minimum absolute atomic E-state index is 0.0111. The van der Waals surface area contributed by atoms with Gasteiger partial charge in [0.25, 0.3) is 5.72 Å². The van der Waals surface area contributed by atoms with E-state index >= 15 is 0 Å². The maximum absolute atomic E-state index is 11.9. The lowest BCUT2D eigenvalue weighted by Gasteiger charge is -2.52. The number of rotatable bonds is 1. The van der Waals surface area contributed by atoms with Crippen LogP contribution in [0.15, 0.2) is 0 Å². The standard InChI is InChI=1S/C11H16N2O5/c1-10(2,3)17-8(15)12-4-5-13-9(16)18-11(13,6-12)7-14/h7H,4-6H2,1-3H3. The first-order valence-corrected chi connectivity index (χ1v) is 5.72. The minimum atomic E-state index is -1.31. The van der Waals surface area contributed by atoms with Crippen molar-refractivity contribution >= 4 is 18.5 Å². The van der Waals surface area contributed by atoms with Crippen molar-refractivity contribution in [2.45, 2.75) is 32.1 Å². The summed E-state index contributed by atoms with van der Waals surface area (Å²) in [6.45, 7) is 5.91. The van der Waals surface area contributed by atoms with Crippen molar-refractivity contribution < 1.29 is 23.9 Å². The zero-order chi connectivity index (χ0) is 13.6. The number of hydrogen-bond acceptors (Lipinski definition) is 5. The quantitative estimate of drug-likeness (QED) is 0.641. The van der Waals surface area contributed by atoms with Crippen molar-refractivity contribution in [2.24, 2.45) is 0 Å². The summed E-state index contributed by atoms with van der Waals surface area (Å²) in [7, 11) is 0. The van der Waals surface area contributed by atoms with Gasteiger partial charge in [-0.05, 0) is 20.8 Å². The number of carbonyl (C=O) groups excluding carboxylic acids is 3. The first kappa shape index (κ1) is 12.7. The molecule has 2 fully saturated rings. The fourth-order valence-corrected chi connectivity index (χ4v) is 1.96. The molecule has 1 unspecified atom stereocenters. The first-order chi connectivity index (χ1) is 8.27. The van der Waals surface area contributed by atoms with E-state index in [1.807, 2.05) is 0 Å². The van der Waals surface area contributed by atoms with Gasteiger partial charge in [-0.3, -0.25) is 14.6 Å². The van der Waals surface area contributed by atoms with Crippen LogP contribution in [0, 0.1) is 0 Å². The highest BCUT2D eigenvalue weighted by Gasteiger charge is 2.58. The molecular formula is C11H16N2O5. The number of aldehydes is 1. The summed E-state index contributed by atoms with van der Waals surface area (Å²) < 4.78 is 10.1. The van der Waals surface area contributed by atoms with E-state index in [9.17, 15) is 14.4 Å². The Labute approximate surface area is 105 Å². The average Bonchev–Trinajstić information content (AvgIpc) is 2.24. The van der Waals surface area contributed by atoms with Gasteiger partial charge in [-0.15, -0.1) is 0 Å². The lowest BCUT2D eigenvalue weighted by molar-refractivity contribution is -0.201. The third kappa shape index (κ3) is 2.00. The molecule has 7 heteroatoms. The molecule has 2 saturated heterocycles. The molecule has 2 aliphatic rings. The van der Waals surface area contributed by atoms with Crippen molar-refractivity contribution in [1.29, 1.82) is 0 Å². The van der Waals surface area contributed by atoms with E-state index < -0.39 is 23.5 Å². The topological polar surface area (TPSA) is 76.2 Å². The molecule has 0 aromatic carbocycles. The summed E-state index contributed by atoms with van der Waals surface area (Å²) in [5.41, 5.74) is -1.91. The van der Waals surface area contributed by atoms with Gasteiger partial charge in [0, 0.05) is 13.1 Å². The molecule has 7 nitrogen and oxygen atoms in total. The lowest BCUT2D eigenvalue weighted by Crippen LogP contribution is -2.75. The fraction of sp³-hybridized carbons (Fsp3) is 0.727. The second-order valence-electron chi connectivity index (χ2n) is 5.38. The Morgan fingerprint density at radius 3 is 2.61 bits per heavy atom. The summed E-state index contributed by atoms with van der Waals surface area (Å²) in [5.74, 6) is 0. The summed E-state index contributed by atoms with van der Waals surface area (Å²) in [6.07, 6.45) is -0.484. The van der Waals surface area contributed by atoms with E-state index in [0.717, 1.165) is 0 Å². The van der Waals surface area contributed by atoms with Gasteiger partial charge in [0.15, 0.2) is 6.29 Å². The molecule has 0 bridgehead atoms. The molecule has 0 aromatic heterocycles. The molecule has 0 saturated carbocycles. The molecular weight excluding hydrogens is 240 g/mol. The van der Waals surface area contributed by atoms with E-state index in [4.69, 9.17) is 9.47 Å².